The van der Waals surface area contributed by atoms with Crippen molar-refractivity contribution in [3.8, 4) is 0 Å². The number of hydrogen-bond acceptors (Lipinski definition) is 5. The second-order valence-corrected chi connectivity index (χ2v) is 7.12. The molecule has 4 aromatic rings. The van der Waals surface area contributed by atoms with E-state index in [-0.39, 0.29) is 16.3 Å². The fourth-order valence-corrected chi connectivity index (χ4v) is 3.45. The van der Waals surface area contributed by atoms with Gasteiger partial charge in [0.05, 0.1) is 29.9 Å². The Bertz CT molecular complexity index is 1320. The van der Waals surface area contributed by atoms with E-state index in [0.717, 1.165) is 16.5 Å². The third kappa shape index (κ3) is 4.22. The van der Waals surface area contributed by atoms with E-state index in [9.17, 15) is 14.7 Å². The number of halogens is 1. The van der Waals surface area contributed by atoms with Crippen molar-refractivity contribution in [2.75, 3.05) is 7.11 Å². The summed E-state index contributed by atoms with van der Waals surface area (Å²) in [4.78, 5) is 27.3. The third-order valence-corrected chi connectivity index (χ3v) is 5.06. The number of benzene rings is 2. The van der Waals surface area contributed by atoms with Crippen LogP contribution in [0.3, 0.4) is 0 Å². The number of furan rings is 1. The summed E-state index contributed by atoms with van der Waals surface area (Å²) in [5.74, 6) is -0.885. The maximum atomic E-state index is 11.6. The molecule has 8 heteroatoms. The monoisotopic (exact) mass is 436 g/mol. The Kier molecular flexibility index (Phi) is 5.60. The van der Waals surface area contributed by atoms with Crippen LogP contribution in [0, 0.1) is 0 Å². The van der Waals surface area contributed by atoms with Gasteiger partial charge in [-0.25, -0.2) is 9.59 Å². The predicted molar refractivity (Wildman–Crippen MR) is 117 cm³/mol. The SMILES string of the molecule is COC(=O)c1ccc(Cn2cc(C=Nc3ccc(Cl)c(C(=O)O)c3)c3ccccc32)o1. The van der Waals surface area contributed by atoms with E-state index >= 15 is 0 Å². The number of aromatic nitrogens is 1. The van der Waals surface area contributed by atoms with Crippen molar-refractivity contribution in [1.29, 1.82) is 0 Å². The summed E-state index contributed by atoms with van der Waals surface area (Å²) in [6.07, 6.45) is 3.60. The van der Waals surface area contributed by atoms with E-state index in [1.165, 1.54) is 19.2 Å². The Balaban J connectivity index is 1.66. The molecule has 0 atom stereocenters. The molecule has 0 saturated heterocycles. The van der Waals surface area contributed by atoms with Crippen LogP contribution in [0.2, 0.25) is 5.02 Å². The lowest BCUT2D eigenvalue weighted by Crippen LogP contribution is -1.99. The summed E-state index contributed by atoms with van der Waals surface area (Å²) in [6, 6.07) is 15.7. The minimum absolute atomic E-state index is 0.00188. The highest BCUT2D eigenvalue weighted by atomic mass is 35.5. The molecular formula is C23H17ClN2O5. The highest BCUT2D eigenvalue weighted by Gasteiger charge is 2.13. The number of ether oxygens (including phenoxy) is 1. The van der Waals surface area contributed by atoms with Gasteiger partial charge in [0.1, 0.15) is 5.76 Å². The van der Waals surface area contributed by atoms with E-state index in [0.29, 0.717) is 18.0 Å². The molecule has 2 heterocycles. The quantitative estimate of drug-likeness (QED) is 0.332. The number of aliphatic imine (C=N–C) groups is 1. The molecule has 2 aromatic carbocycles. The summed E-state index contributed by atoms with van der Waals surface area (Å²) in [5, 5.41) is 10.4. The molecule has 0 radical (unpaired) electrons. The molecule has 0 bridgehead atoms. The van der Waals surface area contributed by atoms with Crippen molar-refractivity contribution < 1.29 is 23.8 Å². The van der Waals surface area contributed by atoms with Gasteiger partial charge in [0.15, 0.2) is 0 Å². The van der Waals surface area contributed by atoms with Gasteiger partial charge in [0.2, 0.25) is 5.76 Å². The number of nitrogens with zero attached hydrogens (tertiary/aromatic N) is 2. The molecule has 7 nitrogen and oxygen atoms in total. The van der Waals surface area contributed by atoms with Crippen molar-refractivity contribution in [2.45, 2.75) is 6.54 Å². The van der Waals surface area contributed by atoms with Crippen molar-refractivity contribution in [3.05, 3.63) is 88.5 Å². The molecule has 156 valence electrons. The van der Waals surface area contributed by atoms with Gasteiger partial charge < -0.3 is 18.8 Å². The molecule has 2 aromatic heterocycles. The Hall–Kier alpha value is -3.84. The zero-order chi connectivity index (χ0) is 22.0. The molecule has 0 saturated carbocycles. The number of carboxylic acid groups (broad SMARTS) is 1. The molecule has 0 fully saturated rings. The second-order valence-electron chi connectivity index (χ2n) is 6.71. The van der Waals surface area contributed by atoms with Crippen molar-refractivity contribution in [3.63, 3.8) is 0 Å². The Morgan fingerprint density at radius 3 is 2.77 bits per heavy atom. The van der Waals surface area contributed by atoms with Crippen LogP contribution in [0.5, 0.6) is 0 Å². The zero-order valence-corrected chi connectivity index (χ0v) is 17.2. The summed E-state index contributed by atoms with van der Waals surface area (Å²) in [5.41, 5.74) is 2.29. The lowest BCUT2D eigenvalue weighted by Gasteiger charge is -2.02. The number of rotatable bonds is 6. The molecule has 0 aliphatic rings. The first-order chi connectivity index (χ1) is 15.0. The molecule has 4 rings (SSSR count). The van der Waals surface area contributed by atoms with Gasteiger partial charge in [-0.2, -0.15) is 0 Å². The van der Waals surface area contributed by atoms with Crippen LogP contribution in [-0.4, -0.2) is 34.9 Å². The summed E-state index contributed by atoms with van der Waals surface area (Å²) in [7, 11) is 1.30. The number of carbonyl (C=O) groups excluding carboxylic acids is 1. The van der Waals surface area contributed by atoms with Crippen molar-refractivity contribution in [2.24, 2.45) is 4.99 Å². The number of para-hydroxylation sites is 1. The van der Waals surface area contributed by atoms with E-state index < -0.39 is 11.9 Å². The predicted octanol–water partition coefficient (Wildman–Crippen LogP) is 5.17. The Labute approximate surface area is 182 Å². The van der Waals surface area contributed by atoms with E-state index in [1.54, 1.807) is 24.4 Å². The fraction of sp³-hybridized carbons (Fsp3) is 0.0870. The standard InChI is InChI=1S/C23H17ClN2O5/c1-30-23(29)21-9-7-16(31-21)13-26-12-14(17-4-2-3-5-20(17)26)11-25-15-6-8-19(24)18(10-15)22(27)28/h2-12H,13H2,1H3,(H,27,28). The lowest BCUT2D eigenvalue weighted by atomic mass is 10.2. The average Bonchev–Trinajstić information content (AvgIpc) is 3.38. The molecule has 0 amide bonds. The molecule has 1 N–H and O–H groups in total. The second kappa shape index (κ2) is 8.49. The average molecular weight is 437 g/mol. The number of carboxylic acids is 1. The Morgan fingerprint density at radius 1 is 1.19 bits per heavy atom. The highest BCUT2D eigenvalue weighted by molar-refractivity contribution is 6.33. The van der Waals surface area contributed by atoms with Crippen LogP contribution in [-0.2, 0) is 11.3 Å². The largest absolute Gasteiger partial charge is 0.478 e. The highest BCUT2D eigenvalue weighted by Crippen LogP contribution is 2.25. The van der Waals surface area contributed by atoms with Gasteiger partial charge in [0, 0.05) is 28.9 Å². The van der Waals surface area contributed by atoms with Crippen molar-refractivity contribution >= 4 is 46.3 Å². The number of methoxy groups -OCH3 is 1. The van der Waals surface area contributed by atoms with Gasteiger partial charge in [-0.1, -0.05) is 29.8 Å². The first kappa shape index (κ1) is 20.4. The van der Waals surface area contributed by atoms with Gasteiger partial charge in [-0.05, 0) is 36.4 Å². The summed E-state index contributed by atoms with van der Waals surface area (Å²) >= 11 is 5.92. The molecular weight excluding hydrogens is 420 g/mol. The van der Waals surface area contributed by atoms with Gasteiger partial charge in [0.25, 0.3) is 0 Å². The van der Waals surface area contributed by atoms with Gasteiger partial charge in [-0.3, -0.25) is 4.99 Å². The number of carbonyl (C=O) groups is 2. The topological polar surface area (TPSA) is 94.0 Å². The zero-order valence-electron chi connectivity index (χ0n) is 16.4. The summed E-state index contributed by atoms with van der Waals surface area (Å²) < 4.78 is 12.2. The fourth-order valence-electron chi connectivity index (χ4n) is 3.25. The van der Waals surface area contributed by atoms with E-state index in [2.05, 4.69) is 9.73 Å². The van der Waals surface area contributed by atoms with Crippen LogP contribution >= 0.6 is 11.6 Å². The van der Waals surface area contributed by atoms with E-state index in [1.807, 2.05) is 35.0 Å². The normalized spacial score (nSPS) is 11.3. The molecule has 0 unspecified atom stereocenters. The van der Waals surface area contributed by atoms with Crippen LogP contribution in [0.4, 0.5) is 5.69 Å². The molecule has 0 spiro atoms. The van der Waals surface area contributed by atoms with Gasteiger partial charge >= 0.3 is 11.9 Å². The number of esters is 1. The maximum absolute atomic E-state index is 11.6. The lowest BCUT2D eigenvalue weighted by molar-refractivity contribution is 0.0562. The smallest absolute Gasteiger partial charge is 0.373 e. The minimum atomic E-state index is -1.11. The van der Waals surface area contributed by atoms with Crippen LogP contribution in [0.15, 0.2) is 70.2 Å². The van der Waals surface area contributed by atoms with Crippen LogP contribution < -0.4 is 0 Å². The van der Waals surface area contributed by atoms with Gasteiger partial charge in [-0.15, -0.1) is 0 Å². The Morgan fingerprint density at radius 2 is 2.00 bits per heavy atom. The number of fused-ring (bicyclic) bond motifs is 1. The van der Waals surface area contributed by atoms with Crippen LogP contribution in [0.25, 0.3) is 10.9 Å². The first-order valence-corrected chi connectivity index (χ1v) is 9.66. The summed E-state index contributed by atoms with van der Waals surface area (Å²) in [6.45, 7) is 0.412. The van der Waals surface area contributed by atoms with E-state index in [4.69, 9.17) is 16.0 Å². The minimum Gasteiger partial charge on any atom is -0.478 e. The maximum Gasteiger partial charge on any atom is 0.373 e. The number of hydrogen-bond donors (Lipinski definition) is 1. The number of aromatic carboxylic acids is 1. The molecule has 0 aliphatic heterocycles. The van der Waals surface area contributed by atoms with Crippen molar-refractivity contribution in [1.82, 2.24) is 4.57 Å². The molecule has 31 heavy (non-hydrogen) atoms. The molecule has 0 aliphatic carbocycles. The van der Waals surface area contributed by atoms with Crippen LogP contribution in [0.1, 0.15) is 32.2 Å². The third-order valence-electron chi connectivity index (χ3n) is 4.73. The first-order valence-electron chi connectivity index (χ1n) is 9.28.